The maximum atomic E-state index is 10.2. The number of nitrogens with zero attached hydrogens (tertiary/aromatic N) is 20. The van der Waals surface area contributed by atoms with Crippen LogP contribution in [0.15, 0.2) is 118 Å². The Morgan fingerprint density at radius 1 is 0.350 bits per heavy atom. The molecule has 0 spiro atoms. The fourth-order valence-electron chi connectivity index (χ4n) is 3.10. The van der Waals surface area contributed by atoms with E-state index in [0.29, 0.717) is 22.8 Å². The molecular formula is C32H56N20Ni4O20S4+4. The van der Waals surface area contributed by atoms with Gasteiger partial charge in [-0.15, -0.1) is 0 Å². The molecule has 0 aromatic carbocycles. The largest absolute Gasteiger partial charge is 2.00 e. The van der Waals surface area contributed by atoms with Crippen molar-refractivity contribution in [3.8, 4) is 0 Å². The SMILES string of the molecule is O.O.O.O.O=S(=O)([O-])CCN=Cc1ccccn1.O=S(=O)([O-])CCN=Cc1ccccn1.O=S(=O)([O-])CCN=Cc1ccccn1.O=S(=O)([O-])CCN=Cc1ccccn1.[N-]=[N+]=[N-].[N-]=[N+]=[N-].[N-]=[N+]=[N-].[N-]=[N+]=[N-].[Ni+2].[Ni+2].[Ni+2].[Ni+2].[OH3+].[OH3+].[OH3+].[OH3+]. The summed E-state index contributed by atoms with van der Waals surface area (Å²) >= 11 is 0. The Morgan fingerprint density at radius 3 is 0.588 bits per heavy atom. The van der Waals surface area contributed by atoms with Crippen LogP contribution in [0, 0.1) is 0 Å². The predicted molar refractivity (Wildman–Crippen MR) is 279 cm³/mol. The Kier molecular flexibility index (Phi) is 113. The predicted octanol–water partition coefficient (Wildman–Crippen LogP) is -3.35. The minimum absolute atomic E-state index is 0. The van der Waals surface area contributed by atoms with Gasteiger partial charge in [-0.25, -0.2) is 33.7 Å². The van der Waals surface area contributed by atoms with Crippen molar-refractivity contribution in [1.29, 1.82) is 0 Å². The number of rotatable bonds is 16. The molecule has 464 valence electrons. The topological polar surface area (TPSA) is 823 Å². The van der Waals surface area contributed by atoms with Crippen molar-refractivity contribution < 1.29 is 162 Å². The second-order valence-electron chi connectivity index (χ2n) is 10.6. The van der Waals surface area contributed by atoms with Gasteiger partial charge in [0.1, 0.15) is 0 Å². The molecule has 0 saturated heterocycles. The van der Waals surface area contributed by atoms with Gasteiger partial charge in [-0.05, 0) is 48.5 Å². The molecule has 0 atom stereocenters. The maximum Gasteiger partial charge on any atom is 2.00 e. The van der Waals surface area contributed by atoms with E-state index in [1.54, 1.807) is 97.6 Å². The van der Waals surface area contributed by atoms with Crippen molar-refractivity contribution in [2.45, 2.75) is 0 Å². The first-order valence-electron chi connectivity index (χ1n) is 17.3. The molecule has 0 aliphatic carbocycles. The van der Waals surface area contributed by atoms with E-state index in [2.05, 4.69) is 39.9 Å². The van der Waals surface area contributed by atoms with Crippen molar-refractivity contribution in [1.82, 2.24) is 19.9 Å². The van der Waals surface area contributed by atoms with Gasteiger partial charge in [0.15, 0.2) is 0 Å². The van der Waals surface area contributed by atoms with Crippen molar-refractivity contribution in [3.05, 3.63) is 184 Å². The standard InChI is InChI=1S/4C8H10N2O3S.4N3.4Ni.8H2O/c4*11-14(12,13)6-5-9-7-8-3-1-2-4-10-8;4*1-3-2;;;;;;;;;;;;/h4*1-4,7H,5-6H2,(H,11,12,13);;;;;;;;;8*1H2/q;;;;4*-1;4*+2;;;;;;;;. The van der Waals surface area contributed by atoms with Gasteiger partial charge in [-0.1, -0.05) is 24.3 Å². The molecule has 20 N–H and O–H groups in total. The molecule has 4 aromatic heterocycles. The molecular weight excluding hydrogens is 1350 g/mol. The van der Waals surface area contributed by atoms with E-state index in [1.807, 2.05) is 0 Å². The Hall–Kier alpha value is -6.19. The van der Waals surface area contributed by atoms with Crippen molar-refractivity contribution >= 4 is 65.3 Å². The first-order valence-corrected chi connectivity index (χ1v) is 23.6. The van der Waals surface area contributed by atoms with Gasteiger partial charge in [0.25, 0.3) is 0 Å². The third-order valence-corrected chi connectivity index (χ3v) is 8.26. The summed E-state index contributed by atoms with van der Waals surface area (Å²) in [5.41, 5.74) is 56.5. The minimum Gasteiger partial charge on any atom is -0.748 e. The Morgan fingerprint density at radius 2 is 0.487 bits per heavy atom. The number of pyridine rings is 4. The summed E-state index contributed by atoms with van der Waals surface area (Å²) in [6.07, 6.45) is 12.2. The van der Waals surface area contributed by atoms with Crippen molar-refractivity contribution in [2.75, 3.05) is 49.2 Å². The van der Waals surface area contributed by atoms with Gasteiger partial charge in [0.2, 0.25) is 0 Å². The van der Waals surface area contributed by atoms with E-state index in [9.17, 15) is 51.9 Å². The summed E-state index contributed by atoms with van der Waals surface area (Å²) < 4.78 is 122. The van der Waals surface area contributed by atoms with Crippen LogP contribution in [-0.4, -0.2) is 168 Å². The number of aromatic nitrogens is 4. The van der Waals surface area contributed by atoms with Crippen LogP contribution in [0.2, 0.25) is 0 Å². The molecule has 48 heteroatoms. The van der Waals surface area contributed by atoms with Gasteiger partial charge in [-0.3, -0.25) is 59.6 Å². The molecule has 0 amide bonds. The van der Waals surface area contributed by atoms with E-state index in [0.717, 1.165) is 0 Å². The Balaban J connectivity index is -0.0000000435. The Labute approximate surface area is 497 Å². The van der Waals surface area contributed by atoms with Crippen LogP contribution < -0.4 is 0 Å². The molecule has 0 aliphatic rings. The minimum atomic E-state index is -4.16. The molecule has 0 unspecified atom stereocenters. The normalized spacial score (nSPS) is 8.85. The molecule has 0 saturated carbocycles. The van der Waals surface area contributed by atoms with E-state index in [4.69, 9.17) is 44.2 Å². The van der Waals surface area contributed by atoms with Gasteiger partial charge in [-0.2, -0.15) is 0 Å². The summed E-state index contributed by atoms with van der Waals surface area (Å²) in [4.78, 5) is 36.8. The third kappa shape index (κ3) is 108. The van der Waals surface area contributed by atoms with E-state index in [-0.39, 0.29) is 136 Å². The van der Waals surface area contributed by atoms with Crippen LogP contribution in [0.5, 0.6) is 0 Å². The zero-order valence-electron chi connectivity index (χ0n) is 40.3. The smallest absolute Gasteiger partial charge is 0.748 e. The van der Waals surface area contributed by atoms with Crippen LogP contribution in [0.1, 0.15) is 22.8 Å². The third-order valence-electron chi connectivity index (χ3n) is 5.53. The van der Waals surface area contributed by atoms with Crippen molar-refractivity contribution in [3.63, 3.8) is 0 Å². The average molecular weight is 1400 g/mol. The maximum absolute atomic E-state index is 10.2. The molecule has 0 bridgehead atoms. The first-order chi connectivity index (χ1) is 32.0. The molecule has 80 heavy (non-hydrogen) atoms. The fourth-order valence-corrected chi connectivity index (χ4v) is 4.42. The number of hydrogen-bond donors (Lipinski definition) is 0. The quantitative estimate of drug-likeness (QED) is 0.0201. The van der Waals surface area contributed by atoms with Gasteiger partial charge >= 0.3 is 66.0 Å². The van der Waals surface area contributed by atoms with Crippen LogP contribution in [0.25, 0.3) is 63.9 Å². The summed E-state index contributed by atoms with van der Waals surface area (Å²) in [5, 5.41) is 0. The van der Waals surface area contributed by atoms with Crippen LogP contribution >= 0.6 is 0 Å². The van der Waals surface area contributed by atoms with Crippen molar-refractivity contribution in [2.24, 2.45) is 20.0 Å². The first kappa shape index (κ1) is 117. The summed E-state index contributed by atoms with van der Waals surface area (Å²) in [6.45, 7) is -0.102. The van der Waals surface area contributed by atoms with Gasteiger partial charge in [0.05, 0.1) is 112 Å². The van der Waals surface area contributed by atoms with Gasteiger partial charge < -0.3 is 106 Å². The molecule has 4 rings (SSSR count). The van der Waals surface area contributed by atoms with Gasteiger partial charge in [0, 0.05) is 49.6 Å². The zero-order chi connectivity index (χ0) is 52.6. The zero-order valence-corrected chi connectivity index (χ0v) is 47.5. The molecule has 4 aromatic rings. The summed E-state index contributed by atoms with van der Waals surface area (Å²) in [6, 6.07) is 21.1. The van der Waals surface area contributed by atoms with E-state index < -0.39 is 63.5 Å². The molecule has 40 nitrogen and oxygen atoms in total. The molecule has 0 radical (unpaired) electrons. The van der Waals surface area contributed by atoms with E-state index in [1.165, 1.54) is 44.5 Å². The Bertz CT molecular complexity index is 2330. The van der Waals surface area contributed by atoms with Crippen LogP contribution in [-0.2, 0) is 128 Å². The fraction of sp³-hybridized carbons (Fsp3) is 0.250. The second kappa shape index (κ2) is 77.0. The van der Waals surface area contributed by atoms with Crippen LogP contribution in [0.4, 0.5) is 0 Å². The van der Waals surface area contributed by atoms with Crippen LogP contribution in [0.3, 0.4) is 0 Å². The summed E-state index contributed by atoms with van der Waals surface area (Å²) in [7, 11) is -16.7. The monoisotopic (exact) mass is 1400 g/mol. The molecule has 0 fully saturated rings. The second-order valence-corrected chi connectivity index (χ2v) is 16.7. The molecule has 4 heterocycles. The average Bonchev–Trinajstić information content (AvgIpc) is 3.26. The summed E-state index contributed by atoms with van der Waals surface area (Å²) in [5.74, 6) is -1.90. The molecule has 0 aliphatic heterocycles. The number of hydrogen-bond acceptors (Lipinski definition) is 20. The van der Waals surface area contributed by atoms with E-state index >= 15 is 0 Å². The number of aliphatic imine (C=N–C) groups is 4.